The number of ether oxygens (including phenoxy) is 1. The van der Waals surface area contributed by atoms with Crippen molar-refractivity contribution in [2.45, 2.75) is 31.2 Å². The third-order valence-corrected chi connectivity index (χ3v) is 6.52. The van der Waals surface area contributed by atoms with Crippen LogP contribution in [0.25, 0.3) is 11.1 Å². The maximum Gasteiger partial charge on any atom is 0.407 e. The highest BCUT2D eigenvalue weighted by atomic mass is 16.5. The van der Waals surface area contributed by atoms with E-state index in [1.54, 1.807) is 4.90 Å². The van der Waals surface area contributed by atoms with Crippen LogP contribution in [0.4, 0.5) is 4.79 Å². The Morgan fingerprint density at radius 1 is 1.03 bits per heavy atom. The van der Waals surface area contributed by atoms with Crippen LogP contribution >= 0.6 is 0 Å². The first-order valence-corrected chi connectivity index (χ1v) is 11.7. The van der Waals surface area contributed by atoms with Crippen LogP contribution < -0.4 is 5.32 Å². The molecular formula is C26H29N3O6. The van der Waals surface area contributed by atoms with Crippen LogP contribution in [0.1, 0.15) is 36.3 Å². The summed E-state index contributed by atoms with van der Waals surface area (Å²) >= 11 is 0. The van der Waals surface area contributed by atoms with Gasteiger partial charge in [0.05, 0.1) is 13.0 Å². The fourth-order valence-corrected chi connectivity index (χ4v) is 4.77. The van der Waals surface area contributed by atoms with Gasteiger partial charge in [0.1, 0.15) is 12.6 Å². The summed E-state index contributed by atoms with van der Waals surface area (Å²) in [5, 5.41) is 11.7. The molecule has 1 unspecified atom stereocenters. The average molecular weight is 480 g/mol. The van der Waals surface area contributed by atoms with Crippen LogP contribution in [0.2, 0.25) is 0 Å². The first-order chi connectivity index (χ1) is 16.8. The van der Waals surface area contributed by atoms with Crippen molar-refractivity contribution in [3.05, 3.63) is 59.7 Å². The summed E-state index contributed by atoms with van der Waals surface area (Å²) in [5.74, 6) is -2.27. The van der Waals surface area contributed by atoms with Gasteiger partial charge >= 0.3 is 12.1 Å². The van der Waals surface area contributed by atoms with Crippen molar-refractivity contribution in [1.82, 2.24) is 15.1 Å². The number of carboxylic acid groups (broad SMARTS) is 1. The molecule has 0 radical (unpaired) electrons. The van der Waals surface area contributed by atoms with Gasteiger partial charge in [-0.2, -0.15) is 0 Å². The Hall–Kier alpha value is -3.88. The number of carbonyl (C=O) groups excluding carboxylic acids is 3. The van der Waals surface area contributed by atoms with Crippen molar-refractivity contribution in [2.75, 3.05) is 33.3 Å². The maximum atomic E-state index is 12.9. The number of likely N-dealkylation sites (N-methyl/N-ethyl adjacent to an activating group) is 1. The molecule has 3 amide bonds. The van der Waals surface area contributed by atoms with Crippen LogP contribution in [-0.2, 0) is 19.1 Å². The molecule has 1 aliphatic carbocycles. The van der Waals surface area contributed by atoms with E-state index >= 15 is 0 Å². The van der Waals surface area contributed by atoms with Gasteiger partial charge in [-0.1, -0.05) is 48.5 Å². The van der Waals surface area contributed by atoms with E-state index in [4.69, 9.17) is 4.74 Å². The van der Waals surface area contributed by atoms with Gasteiger partial charge in [-0.05, 0) is 35.1 Å². The average Bonchev–Trinajstić information content (AvgIpc) is 3.48. The Kier molecular flexibility index (Phi) is 7.33. The van der Waals surface area contributed by atoms with Crippen molar-refractivity contribution in [3.8, 4) is 11.1 Å². The summed E-state index contributed by atoms with van der Waals surface area (Å²) < 4.78 is 5.46. The van der Waals surface area contributed by atoms with Gasteiger partial charge in [0.2, 0.25) is 11.8 Å². The van der Waals surface area contributed by atoms with E-state index in [0.29, 0.717) is 13.1 Å². The number of nitrogens with one attached hydrogen (secondary N) is 1. The molecule has 0 aromatic heterocycles. The number of hydrogen-bond donors (Lipinski definition) is 2. The predicted molar refractivity (Wildman–Crippen MR) is 128 cm³/mol. The lowest BCUT2D eigenvalue weighted by Gasteiger charge is -2.25. The van der Waals surface area contributed by atoms with Gasteiger partial charge in [0.15, 0.2) is 0 Å². The molecular weight excluding hydrogens is 450 g/mol. The molecule has 2 aromatic rings. The van der Waals surface area contributed by atoms with Crippen LogP contribution in [0.15, 0.2) is 48.5 Å². The molecule has 0 saturated carbocycles. The third-order valence-electron chi connectivity index (χ3n) is 6.52. The molecule has 2 N–H and O–H groups in total. The number of aliphatic carboxylic acids is 1. The zero-order chi connectivity index (χ0) is 24.9. The number of hydrogen-bond acceptors (Lipinski definition) is 5. The van der Waals surface area contributed by atoms with Gasteiger partial charge in [-0.25, -0.2) is 4.79 Å². The summed E-state index contributed by atoms with van der Waals surface area (Å²) in [6, 6.07) is 14.5. The smallest absolute Gasteiger partial charge is 0.407 e. The number of benzene rings is 2. The fraction of sp³-hybridized carbons (Fsp3) is 0.385. The van der Waals surface area contributed by atoms with Crippen LogP contribution in [-0.4, -0.2) is 78.1 Å². The standard InChI is InChI=1S/C26H29N3O6/c1-28(15-23(30)29-12-6-7-13-29)25(33)22(14-24(31)32)27-26(34)35-16-21-19-10-4-2-8-17(19)18-9-3-5-11-20(18)21/h2-5,8-11,21-22H,6-7,12-16H2,1H3,(H,27,34)(H,31,32). The van der Waals surface area contributed by atoms with Gasteiger partial charge in [-0.15, -0.1) is 0 Å². The van der Waals surface area contributed by atoms with E-state index in [2.05, 4.69) is 5.32 Å². The molecule has 9 heteroatoms. The summed E-state index contributed by atoms with van der Waals surface area (Å²) in [6.07, 6.45) is 0.347. The highest BCUT2D eigenvalue weighted by molar-refractivity contribution is 5.92. The molecule has 0 bridgehead atoms. The van der Waals surface area contributed by atoms with Gasteiger partial charge in [0, 0.05) is 26.1 Å². The fourth-order valence-electron chi connectivity index (χ4n) is 4.77. The Morgan fingerprint density at radius 3 is 2.17 bits per heavy atom. The number of rotatable bonds is 8. The van der Waals surface area contributed by atoms with Gasteiger partial charge in [0.25, 0.3) is 0 Å². The predicted octanol–water partition coefficient (Wildman–Crippen LogP) is 2.45. The molecule has 35 heavy (non-hydrogen) atoms. The van der Waals surface area contributed by atoms with Crippen LogP contribution in [0.3, 0.4) is 0 Å². The number of carbonyl (C=O) groups is 4. The van der Waals surface area contributed by atoms with Crippen LogP contribution in [0.5, 0.6) is 0 Å². The molecule has 1 atom stereocenters. The molecule has 1 aliphatic heterocycles. The number of amides is 3. The maximum absolute atomic E-state index is 12.9. The van der Waals surface area contributed by atoms with Crippen molar-refractivity contribution < 1.29 is 29.0 Å². The minimum absolute atomic E-state index is 0.0388. The van der Waals surface area contributed by atoms with Gasteiger partial charge in [-0.3, -0.25) is 14.4 Å². The van der Waals surface area contributed by atoms with Crippen molar-refractivity contribution in [1.29, 1.82) is 0 Å². The van der Waals surface area contributed by atoms with Crippen LogP contribution in [0, 0.1) is 0 Å². The molecule has 2 aliphatic rings. The SMILES string of the molecule is CN(CC(=O)N1CCCC1)C(=O)C(CC(=O)O)NC(=O)OCC1c2ccccc2-c2ccccc21. The number of fused-ring (bicyclic) bond motifs is 3. The number of alkyl carbamates (subject to hydrolysis) is 1. The summed E-state index contributed by atoms with van der Waals surface area (Å²) in [6.45, 7) is 1.16. The molecule has 1 saturated heterocycles. The zero-order valence-corrected chi connectivity index (χ0v) is 19.6. The molecule has 2 aromatic carbocycles. The molecule has 9 nitrogen and oxygen atoms in total. The second kappa shape index (κ2) is 10.6. The second-order valence-electron chi connectivity index (χ2n) is 8.90. The number of carboxylic acids is 1. The molecule has 4 rings (SSSR count). The first kappa shape index (κ1) is 24.3. The zero-order valence-electron chi connectivity index (χ0n) is 19.6. The molecule has 184 valence electrons. The number of nitrogens with zero attached hydrogens (tertiary/aromatic N) is 2. The lowest BCUT2D eigenvalue weighted by molar-refractivity contribution is -0.143. The first-order valence-electron chi connectivity index (χ1n) is 11.7. The second-order valence-corrected chi connectivity index (χ2v) is 8.90. The van der Waals surface area contributed by atoms with E-state index in [1.807, 2.05) is 48.5 Å². The normalized spacial score (nSPS) is 15.2. The molecule has 1 fully saturated rings. The largest absolute Gasteiger partial charge is 0.481 e. The van der Waals surface area contributed by atoms with Gasteiger partial charge < -0.3 is 25.0 Å². The van der Waals surface area contributed by atoms with E-state index in [0.717, 1.165) is 40.0 Å². The molecule has 1 heterocycles. The summed E-state index contributed by atoms with van der Waals surface area (Å²) in [4.78, 5) is 52.0. The van der Waals surface area contributed by atoms with Crippen molar-refractivity contribution in [2.24, 2.45) is 0 Å². The minimum atomic E-state index is -1.35. The Bertz CT molecular complexity index is 1080. The lowest BCUT2D eigenvalue weighted by Crippen LogP contribution is -2.51. The van der Waals surface area contributed by atoms with Crippen molar-refractivity contribution >= 4 is 23.9 Å². The van der Waals surface area contributed by atoms with E-state index in [9.17, 15) is 24.3 Å². The lowest BCUT2D eigenvalue weighted by atomic mass is 9.98. The summed E-state index contributed by atoms with van der Waals surface area (Å²) in [5.41, 5.74) is 4.25. The third kappa shape index (κ3) is 5.45. The highest BCUT2D eigenvalue weighted by Gasteiger charge is 2.32. The highest BCUT2D eigenvalue weighted by Crippen LogP contribution is 2.44. The van der Waals surface area contributed by atoms with E-state index in [-0.39, 0.29) is 25.0 Å². The number of likely N-dealkylation sites (tertiary alicyclic amines) is 1. The van der Waals surface area contributed by atoms with E-state index < -0.39 is 30.4 Å². The van der Waals surface area contributed by atoms with E-state index in [1.165, 1.54) is 7.05 Å². The Labute approximate surface area is 203 Å². The summed E-state index contributed by atoms with van der Waals surface area (Å²) in [7, 11) is 1.42. The topological polar surface area (TPSA) is 116 Å². The minimum Gasteiger partial charge on any atom is -0.481 e. The Balaban J connectivity index is 1.38. The Morgan fingerprint density at radius 2 is 1.60 bits per heavy atom. The van der Waals surface area contributed by atoms with Crippen molar-refractivity contribution in [3.63, 3.8) is 0 Å². The quantitative estimate of drug-likeness (QED) is 0.601. The molecule has 0 spiro atoms. The monoisotopic (exact) mass is 479 g/mol.